The molecule has 0 spiro atoms. The lowest BCUT2D eigenvalue weighted by molar-refractivity contribution is 0.246. The number of hydrogen-bond donors (Lipinski definition) is 1. The van der Waals surface area contributed by atoms with Crippen LogP contribution in [0.1, 0.15) is 25.8 Å². The second kappa shape index (κ2) is 5.80. The highest BCUT2D eigenvalue weighted by Gasteiger charge is 2.17. The Labute approximate surface area is 107 Å². The van der Waals surface area contributed by atoms with Crippen molar-refractivity contribution in [3.05, 3.63) is 34.3 Å². The fourth-order valence-electron chi connectivity index (χ4n) is 1.69. The Morgan fingerprint density at radius 2 is 1.88 bits per heavy atom. The molecule has 2 nitrogen and oxygen atoms in total. The number of rotatable bonds is 5. The summed E-state index contributed by atoms with van der Waals surface area (Å²) in [5.74, 6) is 0. The van der Waals surface area contributed by atoms with Gasteiger partial charge in [-0.25, -0.2) is 0 Å². The molecule has 16 heavy (non-hydrogen) atoms. The van der Waals surface area contributed by atoms with Gasteiger partial charge in [0.2, 0.25) is 0 Å². The van der Waals surface area contributed by atoms with Crippen molar-refractivity contribution >= 4 is 15.9 Å². The predicted octanol–water partition coefficient (Wildman–Crippen LogP) is 3.01. The van der Waals surface area contributed by atoms with Crippen LogP contribution in [-0.4, -0.2) is 24.0 Å². The first-order valence-corrected chi connectivity index (χ1v) is 6.44. The highest BCUT2D eigenvalue weighted by atomic mass is 79.9. The van der Waals surface area contributed by atoms with Gasteiger partial charge in [-0.05, 0) is 38.1 Å². The number of benzene rings is 1. The maximum atomic E-state index is 6.15. The molecule has 1 aromatic carbocycles. The number of hydrogen-bond acceptors (Lipinski definition) is 2. The zero-order valence-electron chi connectivity index (χ0n) is 10.3. The Balaban J connectivity index is 2.51. The number of nitrogens with two attached hydrogens (primary N) is 1. The molecule has 0 bridgehead atoms. The first kappa shape index (κ1) is 13.7. The summed E-state index contributed by atoms with van der Waals surface area (Å²) in [6.45, 7) is 6.10. The van der Waals surface area contributed by atoms with Gasteiger partial charge in [0.1, 0.15) is 0 Å². The van der Waals surface area contributed by atoms with Crippen LogP contribution in [0.4, 0.5) is 0 Å². The highest BCUT2D eigenvalue weighted by Crippen LogP contribution is 2.13. The van der Waals surface area contributed by atoms with Crippen molar-refractivity contribution in [3.8, 4) is 0 Å². The molecule has 0 amide bonds. The maximum absolute atomic E-state index is 6.15. The predicted molar refractivity (Wildman–Crippen MR) is 73.4 cm³/mol. The van der Waals surface area contributed by atoms with E-state index in [2.05, 4.69) is 66.0 Å². The molecule has 0 saturated heterocycles. The molecule has 0 aliphatic rings. The van der Waals surface area contributed by atoms with Crippen molar-refractivity contribution in [2.45, 2.75) is 32.4 Å². The monoisotopic (exact) mass is 284 g/mol. The molecule has 0 fully saturated rings. The van der Waals surface area contributed by atoms with Crippen LogP contribution in [0.25, 0.3) is 0 Å². The van der Waals surface area contributed by atoms with Crippen LogP contribution in [0.2, 0.25) is 0 Å². The number of halogens is 1. The van der Waals surface area contributed by atoms with E-state index in [9.17, 15) is 0 Å². The normalized spacial score (nSPS) is 15.1. The maximum Gasteiger partial charge on any atom is 0.0252 e. The summed E-state index contributed by atoms with van der Waals surface area (Å²) < 4.78 is 1.12. The third kappa shape index (κ3) is 4.64. The summed E-state index contributed by atoms with van der Waals surface area (Å²) in [6.07, 6.45) is 0.998. The zero-order valence-corrected chi connectivity index (χ0v) is 11.9. The first-order chi connectivity index (χ1) is 7.43. The van der Waals surface area contributed by atoms with Gasteiger partial charge in [-0.2, -0.15) is 0 Å². The molecule has 0 radical (unpaired) electrons. The molecule has 0 heterocycles. The molecule has 90 valence electrons. The standard InChI is InChI=1S/C13H21BrN2/c1-4-13(2,15)10-16(3)9-11-5-7-12(14)8-6-11/h5-8H,4,9-10,15H2,1-3H3. The third-order valence-electron chi connectivity index (χ3n) is 2.80. The van der Waals surface area contributed by atoms with E-state index in [-0.39, 0.29) is 5.54 Å². The average Bonchev–Trinajstić information content (AvgIpc) is 2.21. The van der Waals surface area contributed by atoms with Gasteiger partial charge in [0.15, 0.2) is 0 Å². The minimum Gasteiger partial charge on any atom is -0.324 e. The highest BCUT2D eigenvalue weighted by molar-refractivity contribution is 9.10. The van der Waals surface area contributed by atoms with Crippen molar-refractivity contribution < 1.29 is 0 Å². The lowest BCUT2D eigenvalue weighted by atomic mass is 10.00. The van der Waals surface area contributed by atoms with Gasteiger partial charge in [-0.1, -0.05) is 35.0 Å². The Morgan fingerprint density at radius 3 is 2.38 bits per heavy atom. The van der Waals surface area contributed by atoms with Crippen LogP contribution in [0.5, 0.6) is 0 Å². The quantitative estimate of drug-likeness (QED) is 0.901. The number of likely N-dealkylation sites (N-methyl/N-ethyl adjacent to an activating group) is 1. The second-order valence-electron chi connectivity index (χ2n) is 4.81. The van der Waals surface area contributed by atoms with Gasteiger partial charge >= 0.3 is 0 Å². The van der Waals surface area contributed by atoms with Gasteiger partial charge in [0.25, 0.3) is 0 Å². The largest absolute Gasteiger partial charge is 0.324 e. The molecule has 3 heteroatoms. The minimum atomic E-state index is -0.0931. The van der Waals surface area contributed by atoms with E-state index in [1.54, 1.807) is 0 Å². The SMILES string of the molecule is CCC(C)(N)CN(C)Cc1ccc(Br)cc1. The fourth-order valence-corrected chi connectivity index (χ4v) is 1.95. The van der Waals surface area contributed by atoms with Gasteiger partial charge in [0, 0.05) is 23.1 Å². The molecule has 0 aromatic heterocycles. The van der Waals surface area contributed by atoms with Crippen molar-refractivity contribution in [1.29, 1.82) is 0 Å². The molecule has 1 aromatic rings. The molecule has 1 unspecified atom stereocenters. The van der Waals surface area contributed by atoms with E-state index in [4.69, 9.17) is 5.73 Å². The van der Waals surface area contributed by atoms with Gasteiger partial charge in [-0.3, -0.25) is 0 Å². The van der Waals surface area contributed by atoms with E-state index >= 15 is 0 Å². The minimum absolute atomic E-state index is 0.0931. The second-order valence-corrected chi connectivity index (χ2v) is 5.72. The van der Waals surface area contributed by atoms with E-state index in [1.807, 2.05) is 0 Å². The summed E-state index contributed by atoms with van der Waals surface area (Å²) in [6, 6.07) is 8.43. The van der Waals surface area contributed by atoms with Crippen molar-refractivity contribution in [1.82, 2.24) is 4.90 Å². The zero-order chi connectivity index (χ0) is 12.2. The summed E-state index contributed by atoms with van der Waals surface area (Å²) in [5.41, 5.74) is 7.37. The molecule has 0 aliphatic heterocycles. The van der Waals surface area contributed by atoms with Crippen molar-refractivity contribution in [3.63, 3.8) is 0 Å². The van der Waals surface area contributed by atoms with Crippen molar-refractivity contribution in [2.75, 3.05) is 13.6 Å². The van der Waals surface area contributed by atoms with Crippen molar-refractivity contribution in [2.24, 2.45) is 5.73 Å². The van der Waals surface area contributed by atoms with Crippen LogP contribution in [-0.2, 0) is 6.54 Å². The molecule has 0 aliphatic carbocycles. The topological polar surface area (TPSA) is 29.3 Å². The Morgan fingerprint density at radius 1 is 1.31 bits per heavy atom. The molecule has 0 saturated carbocycles. The van der Waals surface area contributed by atoms with Crippen LogP contribution in [0.3, 0.4) is 0 Å². The molecular weight excluding hydrogens is 264 g/mol. The van der Waals surface area contributed by atoms with Gasteiger partial charge in [-0.15, -0.1) is 0 Å². The summed E-state index contributed by atoms with van der Waals surface area (Å²) in [5, 5.41) is 0. The Hall–Kier alpha value is -0.380. The summed E-state index contributed by atoms with van der Waals surface area (Å²) >= 11 is 3.44. The van der Waals surface area contributed by atoms with Gasteiger partial charge in [0.05, 0.1) is 0 Å². The Kier molecular flexibility index (Phi) is 4.96. The van der Waals surface area contributed by atoms with E-state index < -0.39 is 0 Å². The summed E-state index contributed by atoms with van der Waals surface area (Å²) in [4.78, 5) is 2.27. The van der Waals surface area contributed by atoms with Gasteiger partial charge < -0.3 is 10.6 Å². The molecule has 1 rings (SSSR count). The van der Waals surface area contributed by atoms with Crippen LogP contribution in [0, 0.1) is 0 Å². The van der Waals surface area contributed by atoms with E-state index in [0.717, 1.165) is 24.0 Å². The summed E-state index contributed by atoms with van der Waals surface area (Å²) in [7, 11) is 2.11. The first-order valence-electron chi connectivity index (χ1n) is 5.65. The Bertz CT molecular complexity index is 319. The number of nitrogens with zero attached hydrogens (tertiary/aromatic N) is 1. The molecule has 1 atom stereocenters. The average molecular weight is 285 g/mol. The van der Waals surface area contributed by atoms with E-state index in [1.165, 1.54) is 5.56 Å². The fraction of sp³-hybridized carbons (Fsp3) is 0.538. The van der Waals surface area contributed by atoms with Crippen LogP contribution in [0.15, 0.2) is 28.7 Å². The van der Waals surface area contributed by atoms with Crippen LogP contribution < -0.4 is 5.73 Å². The lowest BCUT2D eigenvalue weighted by Gasteiger charge is -2.29. The lowest BCUT2D eigenvalue weighted by Crippen LogP contribution is -2.45. The van der Waals surface area contributed by atoms with Crippen LogP contribution >= 0.6 is 15.9 Å². The third-order valence-corrected chi connectivity index (χ3v) is 3.33. The van der Waals surface area contributed by atoms with E-state index in [0.29, 0.717) is 0 Å². The smallest absolute Gasteiger partial charge is 0.0252 e. The molecular formula is C13H21BrN2. The molecule has 2 N–H and O–H groups in total.